The third kappa shape index (κ3) is 3.34. The van der Waals surface area contributed by atoms with Gasteiger partial charge in [-0.05, 0) is 24.1 Å². The normalized spacial score (nSPS) is 22.5. The topological polar surface area (TPSA) is 107 Å². The van der Waals surface area contributed by atoms with Gasteiger partial charge >= 0.3 is 6.09 Å². The van der Waals surface area contributed by atoms with Gasteiger partial charge in [-0.25, -0.2) is 22.0 Å². The lowest BCUT2D eigenvalue weighted by molar-refractivity contribution is -0.124. The van der Waals surface area contributed by atoms with Crippen molar-refractivity contribution in [3.63, 3.8) is 0 Å². The summed E-state index contributed by atoms with van der Waals surface area (Å²) in [6.45, 7) is -0.243. The van der Waals surface area contributed by atoms with Crippen molar-refractivity contribution in [2.45, 2.75) is 12.5 Å². The van der Waals surface area contributed by atoms with E-state index in [2.05, 4.69) is 0 Å². The number of anilines is 1. The maximum absolute atomic E-state index is 14.4. The van der Waals surface area contributed by atoms with Crippen molar-refractivity contribution in [1.29, 1.82) is 0 Å². The molecule has 0 spiro atoms. The van der Waals surface area contributed by atoms with E-state index < -0.39 is 39.6 Å². The Hall–Kier alpha value is -2.49. The number of halogens is 2. The summed E-state index contributed by atoms with van der Waals surface area (Å²) in [6.07, 6.45) is -0.832. The van der Waals surface area contributed by atoms with Gasteiger partial charge in [-0.3, -0.25) is 9.69 Å². The van der Waals surface area contributed by atoms with E-state index in [0.717, 1.165) is 17.0 Å². The van der Waals surface area contributed by atoms with Gasteiger partial charge in [-0.1, -0.05) is 6.08 Å². The molecule has 0 aliphatic carbocycles. The summed E-state index contributed by atoms with van der Waals surface area (Å²) in [5.74, 6) is -3.19. The van der Waals surface area contributed by atoms with Crippen molar-refractivity contribution < 1.29 is 31.5 Å². The lowest BCUT2D eigenvalue weighted by atomic mass is 10.0. The number of hydrogen-bond acceptors (Lipinski definition) is 5. The third-order valence-electron chi connectivity index (χ3n) is 4.05. The Bertz CT molecular complexity index is 874. The van der Waals surface area contributed by atoms with E-state index in [4.69, 9.17) is 10.5 Å². The number of ether oxygens (including phenoxy) is 1. The van der Waals surface area contributed by atoms with Crippen LogP contribution in [0.25, 0.3) is 5.57 Å². The maximum Gasteiger partial charge on any atom is 0.415 e. The van der Waals surface area contributed by atoms with Gasteiger partial charge in [0.05, 0.1) is 23.7 Å². The lowest BCUT2D eigenvalue weighted by Crippen LogP contribution is -2.32. The molecule has 25 heavy (non-hydrogen) atoms. The third-order valence-corrected chi connectivity index (χ3v) is 5.56. The highest BCUT2D eigenvalue weighted by molar-refractivity contribution is 7.91. The standard InChI is InChI=1S/C15H14F2N2O5S/c16-10-5-9(19-7-12(14(18)20)24-15(19)21)6-11(17)13(10)8-1-3-25(22,23)4-2-8/h1,5-6,12H,2-4,7H2,(H2,18,20)/t12-/m1/s1. The molecule has 2 heterocycles. The Morgan fingerprint density at radius 1 is 1.28 bits per heavy atom. The van der Waals surface area contributed by atoms with E-state index in [1.807, 2.05) is 0 Å². The average Bonchev–Trinajstić information content (AvgIpc) is 2.90. The zero-order valence-corrected chi connectivity index (χ0v) is 13.7. The number of carbonyl (C=O) groups excluding carboxylic acids is 2. The van der Waals surface area contributed by atoms with Crippen LogP contribution in [0.3, 0.4) is 0 Å². The summed E-state index contributed by atoms with van der Waals surface area (Å²) >= 11 is 0. The first kappa shape index (κ1) is 17.3. The number of sulfone groups is 1. The lowest BCUT2D eigenvalue weighted by Gasteiger charge is -2.18. The molecule has 134 valence electrons. The van der Waals surface area contributed by atoms with Crippen molar-refractivity contribution in [2.75, 3.05) is 23.0 Å². The summed E-state index contributed by atoms with van der Waals surface area (Å²) in [6, 6.07) is 1.87. The molecular weight excluding hydrogens is 358 g/mol. The molecule has 0 radical (unpaired) electrons. The summed E-state index contributed by atoms with van der Waals surface area (Å²) in [5, 5.41) is 0. The average molecular weight is 372 g/mol. The molecule has 10 heteroatoms. The van der Waals surface area contributed by atoms with Crippen LogP contribution in [0.1, 0.15) is 12.0 Å². The molecule has 1 atom stereocenters. The van der Waals surface area contributed by atoms with Gasteiger partial charge in [0.25, 0.3) is 5.91 Å². The molecule has 0 unspecified atom stereocenters. The summed E-state index contributed by atoms with van der Waals surface area (Å²) in [5.41, 5.74) is 4.88. The fourth-order valence-corrected chi connectivity index (χ4v) is 3.90. The Kier molecular flexibility index (Phi) is 4.23. The zero-order chi connectivity index (χ0) is 18.4. The van der Waals surface area contributed by atoms with Crippen LogP contribution in [0, 0.1) is 11.6 Å². The second kappa shape index (κ2) is 6.10. The van der Waals surface area contributed by atoms with E-state index in [1.54, 1.807) is 0 Å². The number of primary amides is 1. The highest BCUT2D eigenvalue weighted by Crippen LogP contribution is 2.32. The van der Waals surface area contributed by atoms with Crippen LogP contribution < -0.4 is 10.6 Å². The van der Waals surface area contributed by atoms with Crippen LogP contribution >= 0.6 is 0 Å². The zero-order valence-electron chi connectivity index (χ0n) is 12.9. The van der Waals surface area contributed by atoms with Crippen molar-refractivity contribution in [1.82, 2.24) is 0 Å². The largest absolute Gasteiger partial charge is 0.434 e. The van der Waals surface area contributed by atoms with Gasteiger partial charge in [-0.2, -0.15) is 0 Å². The van der Waals surface area contributed by atoms with Crippen molar-refractivity contribution >= 4 is 33.1 Å². The number of carbonyl (C=O) groups is 2. The molecule has 0 bridgehead atoms. The van der Waals surface area contributed by atoms with Gasteiger partial charge in [0, 0.05) is 5.56 Å². The summed E-state index contributed by atoms with van der Waals surface area (Å²) in [4.78, 5) is 23.7. The summed E-state index contributed by atoms with van der Waals surface area (Å²) < 4.78 is 56.4. The van der Waals surface area contributed by atoms with Gasteiger partial charge in [0.1, 0.15) is 11.6 Å². The molecular formula is C15H14F2N2O5S. The number of allylic oxidation sites excluding steroid dienone is 1. The van der Waals surface area contributed by atoms with E-state index >= 15 is 0 Å². The van der Waals surface area contributed by atoms with Gasteiger partial charge in [0.2, 0.25) is 0 Å². The first-order valence-electron chi connectivity index (χ1n) is 7.34. The van der Waals surface area contributed by atoms with Crippen LogP contribution in [0.5, 0.6) is 0 Å². The Morgan fingerprint density at radius 3 is 2.40 bits per heavy atom. The Labute approximate surface area is 142 Å². The van der Waals surface area contributed by atoms with E-state index in [1.165, 1.54) is 6.08 Å². The van der Waals surface area contributed by atoms with E-state index in [9.17, 15) is 26.8 Å². The first-order chi connectivity index (χ1) is 11.7. The minimum Gasteiger partial charge on any atom is -0.434 e. The van der Waals surface area contributed by atoms with Crippen LogP contribution in [0.15, 0.2) is 18.2 Å². The number of nitrogens with zero attached hydrogens (tertiary/aromatic N) is 1. The van der Waals surface area contributed by atoms with Crippen LogP contribution in [-0.4, -0.2) is 44.6 Å². The number of hydrogen-bond donors (Lipinski definition) is 1. The number of cyclic esters (lactones) is 1. The minimum atomic E-state index is -3.23. The molecule has 7 nitrogen and oxygen atoms in total. The SMILES string of the molecule is NC(=O)[C@H]1CN(c2cc(F)c(C3=CCS(=O)(=O)CC3)c(F)c2)C(=O)O1. The monoisotopic (exact) mass is 372 g/mol. The highest BCUT2D eigenvalue weighted by Gasteiger charge is 2.36. The minimum absolute atomic E-state index is 0.00499. The molecule has 2 N–H and O–H groups in total. The molecule has 2 aliphatic heterocycles. The Balaban J connectivity index is 1.93. The highest BCUT2D eigenvalue weighted by atomic mass is 32.2. The second-order valence-corrected chi connectivity index (χ2v) is 7.99. The van der Waals surface area contributed by atoms with Gasteiger partial charge < -0.3 is 10.5 Å². The second-order valence-electron chi connectivity index (χ2n) is 5.76. The molecule has 2 aliphatic rings. The molecule has 1 aromatic rings. The van der Waals surface area contributed by atoms with Crippen LogP contribution in [0.2, 0.25) is 0 Å². The van der Waals surface area contributed by atoms with Gasteiger partial charge in [0.15, 0.2) is 15.9 Å². The molecule has 1 aromatic carbocycles. The van der Waals surface area contributed by atoms with Crippen molar-refractivity contribution in [2.24, 2.45) is 5.73 Å². The maximum atomic E-state index is 14.4. The summed E-state index contributed by atoms with van der Waals surface area (Å²) in [7, 11) is -3.23. The fourth-order valence-electron chi connectivity index (χ4n) is 2.75. The van der Waals surface area contributed by atoms with E-state index in [0.29, 0.717) is 0 Å². The van der Waals surface area contributed by atoms with Crippen molar-refractivity contribution in [3.05, 3.63) is 35.4 Å². The molecule has 3 rings (SSSR count). The van der Waals surface area contributed by atoms with Crippen LogP contribution in [-0.2, 0) is 19.4 Å². The van der Waals surface area contributed by atoms with Crippen molar-refractivity contribution in [3.8, 4) is 0 Å². The number of benzene rings is 1. The molecule has 1 saturated heterocycles. The molecule has 2 amide bonds. The van der Waals surface area contributed by atoms with Crippen LogP contribution in [0.4, 0.5) is 19.3 Å². The Morgan fingerprint density at radius 2 is 1.92 bits per heavy atom. The number of amides is 2. The first-order valence-corrected chi connectivity index (χ1v) is 9.16. The van der Waals surface area contributed by atoms with Gasteiger partial charge in [-0.15, -0.1) is 0 Å². The number of nitrogens with two attached hydrogens (primary N) is 1. The quantitative estimate of drug-likeness (QED) is 0.851. The number of rotatable bonds is 3. The fraction of sp³-hybridized carbons (Fsp3) is 0.333. The predicted molar refractivity (Wildman–Crippen MR) is 84.4 cm³/mol. The predicted octanol–water partition coefficient (Wildman–Crippen LogP) is 0.977. The van der Waals surface area contributed by atoms with E-state index in [-0.39, 0.29) is 41.3 Å². The molecule has 0 aromatic heterocycles. The molecule has 1 fully saturated rings. The molecule has 0 saturated carbocycles. The smallest absolute Gasteiger partial charge is 0.415 e.